The third-order valence-electron chi connectivity index (χ3n) is 2.62. The fraction of sp³-hybridized carbons (Fsp3) is 0.364. The lowest BCUT2D eigenvalue weighted by Crippen LogP contribution is -2.25. The average molecular weight is 222 g/mol. The minimum absolute atomic E-state index is 0.114. The van der Waals surface area contributed by atoms with E-state index in [1.54, 1.807) is 18.2 Å². The summed E-state index contributed by atoms with van der Waals surface area (Å²) in [5.41, 5.74) is 6.85. The second kappa shape index (κ2) is 4.02. The molecule has 0 saturated carbocycles. The Kier molecular flexibility index (Phi) is 2.70. The number of para-hydroxylation sites is 1. The Morgan fingerprint density at radius 3 is 2.88 bits per heavy atom. The molecule has 3 N–H and O–H groups in total. The molecule has 0 bridgehead atoms. The predicted octanol–water partition coefficient (Wildman–Crippen LogP) is 0.375. The first-order chi connectivity index (χ1) is 7.63. The summed E-state index contributed by atoms with van der Waals surface area (Å²) in [5, 5.41) is 9.43. The molecular formula is C11H14N2O3. The molecule has 5 heteroatoms. The van der Waals surface area contributed by atoms with Gasteiger partial charge in [0.15, 0.2) is 5.75 Å². The molecule has 5 nitrogen and oxygen atoms in total. The molecule has 86 valence electrons. The minimum Gasteiger partial charge on any atom is -0.492 e. The van der Waals surface area contributed by atoms with Gasteiger partial charge in [0.2, 0.25) is 5.91 Å². The van der Waals surface area contributed by atoms with Crippen LogP contribution < -0.4 is 15.4 Å². The number of amides is 1. The Balaban J connectivity index is 2.40. The second-order valence-corrected chi connectivity index (χ2v) is 3.76. The third-order valence-corrected chi connectivity index (χ3v) is 2.62. The lowest BCUT2D eigenvalue weighted by Gasteiger charge is -2.19. The summed E-state index contributed by atoms with van der Waals surface area (Å²) in [6, 6.07) is 5.22. The smallest absolute Gasteiger partial charge is 0.229 e. The predicted molar refractivity (Wildman–Crippen MR) is 60.4 cm³/mol. The largest absolute Gasteiger partial charge is 0.492 e. The van der Waals surface area contributed by atoms with Crippen molar-refractivity contribution in [2.75, 3.05) is 24.3 Å². The number of aliphatic hydroxyl groups is 1. The van der Waals surface area contributed by atoms with Crippen molar-refractivity contribution in [1.29, 1.82) is 0 Å². The molecule has 2 rings (SSSR count). The van der Waals surface area contributed by atoms with Crippen LogP contribution >= 0.6 is 0 Å². The van der Waals surface area contributed by atoms with Gasteiger partial charge in [-0.05, 0) is 12.1 Å². The maximum atomic E-state index is 11.6. The Morgan fingerprint density at radius 2 is 2.31 bits per heavy atom. The molecule has 1 aliphatic heterocycles. The van der Waals surface area contributed by atoms with Crippen LogP contribution in [0, 0.1) is 0 Å². The van der Waals surface area contributed by atoms with Gasteiger partial charge in [-0.15, -0.1) is 0 Å². The zero-order valence-electron chi connectivity index (χ0n) is 9.01. The van der Waals surface area contributed by atoms with Gasteiger partial charge in [0.05, 0.1) is 37.6 Å². The van der Waals surface area contributed by atoms with Gasteiger partial charge in [-0.2, -0.15) is 0 Å². The highest BCUT2D eigenvalue weighted by Gasteiger charge is 2.31. The maximum Gasteiger partial charge on any atom is 0.229 e. The number of benzene rings is 1. The zero-order chi connectivity index (χ0) is 11.7. The Hall–Kier alpha value is -1.75. The number of hydrogen-bond donors (Lipinski definition) is 2. The van der Waals surface area contributed by atoms with Crippen LogP contribution in [0.5, 0.6) is 5.75 Å². The van der Waals surface area contributed by atoms with Crippen molar-refractivity contribution in [1.82, 2.24) is 0 Å². The summed E-state index contributed by atoms with van der Waals surface area (Å²) in [6.07, 6.45) is -0.462. The van der Waals surface area contributed by atoms with Crippen molar-refractivity contribution in [3.63, 3.8) is 0 Å². The molecule has 1 aromatic carbocycles. The van der Waals surface area contributed by atoms with Gasteiger partial charge >= 0.3 is 0 Å². The summed E-state index contributed by atoms with van der Waals surface area (Å²) in [5.74, 6) is 0.362. The van der Waals surface area contributed by atoms with Gasteiger partial charge in [-0.25, -0.2) is 0 Å². The fourth-order valence-corrected chi connectivity index (χ4v) is 1.90. The number of hydrogen-bond acceptors (Lipinski definition) is 4. The first-order valence-corrected chi connectivity index (χ1v) is 5.04. The van der Waals surface area contributed by atoms with E-state index in [0.29, 0.717) is 23.7 Å². The van der Waals surface area contributed by atoms with Crippen LogP contribution in [0.25, 0.3) is 0 Å². The second-order valence-electron chi connectivity index (χ2n) is 3.76. The van der Waals surface area contributed by atoms with Crippen LogP contribution in [0.2, 0.25) is 0 Å². The van der Waals surface area contributed by atoms with Gasteiger partial charge in [-0.3, -0.25) is 4.79 Å². The van der Waals surface area contributed by atoms with Crippen molar-refractivity contribution < 1.29 is 14.6 Å². The summed E-state index contributed by atoms with van der Waals surface area (Å²) >= 11 is 0. The number of β-amino-alcohol motifs (C(OH)–C–C–N with tert-alkyl or cyclic N) is 1. The van der Waals surface area contributed by atoms with E-state index in [1.807, 2.05) is 0 Å². The third kappa shape index (κ3) is 1.69. The van der Waals surface area contributed by atoms with Gasteiger partial charge in [-0.1, -0.05) is 6.07 Å². The van der Waals surface area contributed by atoms with Crippen LogP contribution in [-0.2, 0) is 4.79 Å². The number of nitrogens with two attached hydrogens (primary N) is 1. The van der Waals surface area contributed by atoms with Gasteiger partial charge < -0.3 is 20.5 Å². The van der Waals surface area contributed by atoms with Crippen molar-refractivity contribution >= 4 is 17.3 Å². The fourth-order valence-electron chi connectivity index (χ4n) is 1.90. The quantitative estimate of drug-likeness (QED) is 0.709. The van der Waals surface area contributed by atoms with E-state index in [0.717, 1.165) is 0 Å². The molecule has 1 unspecified atom stereocenters. The highest BCUT2D eigenvalue weighted by atomic mass is 16.5. The molecule has 0 aliphatic carbocycles. The molecular weight excluding hydrogens is 208 g/mol. The zero-order valence-corrected chi connectivity index (χ0v) is 9.01. The van der Waals surface area contributed by atoms with E-state index >= 15 is 0 Å². The van der Waals surface area contributed by atoms with Gasteiger partial charge in [0.25, 0.3) is 0 Å². The normalized spacial score (nSPS) is 20.2. The number of methoxy groups -OCH3 is 1. The van der Waals surface area contributed by atoms with Crippen LogP contribution in [0.4, 0.5) is 11.4 Å². The highest BCUT2D eigenvalue weighted by Crippen LogP contribution is 2.35. The number of ether oxygens (including phenoxy) is 1. The summed E-state index contributed by atoms with van der Waals surface area (Å²) in [6.45, 7) is 0.290. The first kappa shape index (κ1) is 10.8. The first-order valence-electron chi connectivity index (χ1n) is 5.04. The van der Waals surface area contributed by atoms with Crippen molar-refractivity contribution in [3.8, 4) is 5.75 Å². The molecule has 1 aromatic rings. The summed E-state index contributed by atoms with van der Waals surface area (Å²) in [7, 11) is 1.51. The van der Waals surface area contributed by atoms with E-state index in [2.05, 4.69) is 0 Å². The molecule has 1 saturated heterocycles. The number of aliphatic hydroxyl groups excluding tert-OH is 1. The topological polar surface area (TPSA) is 75.8 Å². The number of nitrogen functional groups attached to an aromatic ring is 1. The lowest BCUT2D eigenvalue weighted by atomic mass is 10.2. The summed E-state index contributed by atoms with van der Waals surface area (Å²) in [4.78, 5) is 13.1. The summed E-state index contributed by atoms with van der Waals surface area (Å²) < 4.78 is 5.17. The Labute approximate surface area is 93.4 Å². The van der Waals surface area contributed by atoms with Crippen molar-refractivity contribution in [2.24, 2.45) is 0 Å². The number of carbonyl (C=O) groups is 1. The monoisotopic (exact) mass is 222 g/mol. The van der Waals surface area contributed by atoms with Gasteiger partial charge in [0.1, 0.15) is 0 Å². The molecule has 0 spiro atoms. The SMILES string of the molecule is COc1c(N)cccc1N1CC(O)CC1=O. The van der Waals surface area contributed by atoms with E-state index in [4.69, 9.17) is 10.5 Å². The van der Waals surface area contributed by atoms with Crippen molar-refractivity contribution in [3.05, 3.63) is 18.2 Å². The van der Waals surface area contributed by atoms with Gasteiger partial charge in [0, 0.05) is 0 Å². The van der Waals surface area contributed by atoms with E-state index in [9.17, 15) is 9.90 Å². The number of carbonyl (C=O) groups excluding carboxylic acids is 1. The Bertz CT molecular complexity index is 420. The number of anilines is 2. The standard InChI is InChI=1S/C11H14N2O3/c1-16-11-8(12)3-2-4-9(11)13-6-7(14)5-10(13)15/h2-4,7,14H,5-6,12H2,1H3. The van der Waals surface area contributed by atoms with E-state index in [-0.39, 0.29) is 12.3 Å². The molecule has 1 fully saturated rings. The van der Waals surface area contributed by atoms with E-state index < -0.39 is 6.10 Å². The maximum absolute atomic E-state index is 11.6. The molecule has 0 radical (unpaired) electrons. The molecule has 1 aliphatic rings. The molecule has 1 heterocycles. The molecule has 1 amide bonds. The number of rotatable bonds is 2. The average Bonchev–Trinajstić information content (AvgIpc) is 2.57. The molecule has 0 aromatic heterocycles. The molecule has 1 atom stereocenters. The lowest BCUT2D eigenvalue weighted by molar-refractivity contribution is -0.117. The van der Waals surface area contributed by atoms with E-state index in [1.165, 1.54) is 12.0 Å². The highest BCUT2D eigenvalue weighted by molar-refractivity contribution is 5.98. The Morgan fingerprint density at radius 1 is 1.56 bits per heavy atom. The molecule has 16 heavy (non-hydrogen) atoms. The minimum atomic E-state index is -0.612. The van der Waals surface area contributed by atoms with Crippen LogP contribution in [0.3, 0.4) is 0 Å². The number of nitrogens with zero attached hydrogens (tertiary/aromatic N) is 1. The van der Waals surface area contributed by atoms with Crippen LogP contribution in [0.1, 0.15) is 6.42 Å². The van der Waals surface area contributed by atoms with Crippen molar-refractivity contribution in [2.45, 2.75) is 12.5 Å². The van der Waals surface area contributed by atoms with Crippen LogP contribution in [0.15, 0.2) is 18.2 Å². The van der Waals surface area contributed by atoms with Crippen LogP contribution in [-0.4, -0.2) is 30.8 Å².